The Balaban J connectivity index is 1.54. The van der Waals surface area contributed by atoms with Crippen LogP contribution in [-0.2, 0) is 19.5 Å². The molecule has 2 aromatic rings. The average molecular weight is 302 g/mol. The van der Waals surface area contributed by atoms with E-state index in [0.29, 0.717) is 10.8 Å². The molecule has 0 bridgehead atoms. The van der Waals surface area contributed by atoms with Crippen molar-refractivity contribution in [2.75, 3.05) is 13.3 Å². The molecule has 2 aromatic carbocycles. The third-order valence-electron chi connectivity index (χ3n) is 4.10. The quantitative estimate of drug-likeness (QED) is 0.845. The molecule has 0 atom stereocenters. The zero-order chi connectivity index (χ0) is 14.2. The topological polar surface area (TPSA) is 21.7 Å². The van der Waals surface area contributed by atoms with E-state index in [0.717, 1.165) is 31.8 Å². The predicted molar refractivity (Wildman–Crippen MR) is 81.8 cm³/mol. The summed E-state index contributed by atoms with van der Waals surface area (Å²) in [4.78, 5) is 2.44. The van der Waals surface area contributed by atoms with Crippen LogP contribution in [0.15, 0.2) is 36.4 Å². The molecule has 4 heteroatoms. The molecule has 2 heterocycles. The van der Waals surface area contributed by atoms with Crippen LogP contribution in [0.3, 0.4) is 0 Å². The lowest BCUT2D eigenvalue weighted by Gasteiger charge is -2.28. The molecule has 108 valence electrons. The highest BCUT2D eigenvalue weighted by Crippen LogP contribution is 2.40. The van der Waals surface area contributed by atoms with Crippen molar-refractivity contribution in [3.05, 3.63) is 58.1 Å². The molecule has 0 aliphatic carbocycles. The maximum absolute atomic E-state index is 6.25. The van der Waals surface area contributed by atoms with Crippen molar-refractivity contribution in [3.8, 4) is 11.5 Å². The highest BCUT2D eigenvalue weighted by atomic mass is 35.5. The van der Waals surface area contributed by atoms with E-state index in [9.17, 15) is 0 Å². The van der Waals surface area contributed by atoms with E-state index in [1.807, 2.05) is 12.1 Å². The maximum atomic E-state index is 6.25. The van der Waals surface area contributed by atoms with E-state index in [1.54, 1.807) is 0 Å². The van der Waals surface area contributed by atoms with Crippen LogP contribution in [0.4, 0.5) is 0 Å². The minimum atomic E-state index is 0.260. The molecule has 0 N–H and O–H groups in total. The van der Waals surface area contributed by atoms with E-state index in [4.69, 9.17) is 21.1 Å². The lowest BCUT2D eigenvalue weighted by molar-refractivity contribution is 0.174. The van der Waals surface area contributed by atoms with Crippen LogP contribution < -0.4 is 9.47 Å². The number of hydrogen-bond donors (Lipinski definition) is 0. The van der Waals surface area contributed by atoms with Crippen molar-refractivity contribution in [2.24, 2.45) is 0 Å². The molecular weight excluding hydrogens is 286 g/mol. The molecule has 2 aliphatic rings. The summed E-state index contributed by atoms with van der Waals surface area (Å²) in [6.45, 7) is 3.20. The minimum absolute atomic E-state index is 0.260. The van der Waals surface area contributed by atoms with E-state index >= 15 is 0 Å². The Morgan fingerprint density at radius 1 is 1.10 bits per heavy atom. The van der Waals surface area contributed by atoms with Crippen molar-refractivity contribution in [2.45, 2.75) is 19.5 Å². The molecule has 21 heavy (non-hydrogen) atoms. The number of halogens is 1. The van der Waals surface area contributed by atoms with Crippen LogP contribution in [-0.4, -0.2) is 18.2 Å². The molecule has 0 radical (unpaired) electrons. The van der Waals surface area contributed by atoms with Crippen molar-refractivity contribution in [1.29, 1.82) is 0 Å². The third-order valence-corrected chi connectivity index (χ3v) is 4.38. The molecule has 0 aromatic heterocycles. The number of nitrogens with zero attached hydrogens (tertiary/aromatic N) is 1. The van der Waals surface area contributed by atoms with Gasteiger partial charge in [-0.1, -0.05) is 35.9 Å². The van der Waals surface area contributed by atoms with Gasteiger partial charge in [-0.2, -0.15) is 0 Å². The molecule has 0 amide bonds. The van der Waals surface area contributed by atoms with Gasteiger partial charge in [-0.05, 0) is 35.2 Å². The number of rotatable bonds is 2. The van der Waals surface area contributed by atoms with Crippen molar-refractivity contribution < 1.29 is 9.47 Å². The number of ether oxygens (including phenoxy) is 2. The molecule has 0 saturated heterocycles. The largest absolute Gasteiger partial charge is 0.454 e. The van der Waals surface area contributed by atoms with E-state index < -0.39 is 0 Å². The van der Waals surface area contributed by atoms with Gasteiger partial charge in [0, 0.05) is 19.6 Å². The van der Waals surface area contributed by atoms with Gasteiger partial charge in [-0.15, -0.1) is 0 Å². The second-order valence-corrected chi connectivity index (χ2v) is 5.95. The maximum Gasteiger partial charge on any atom is 0.231 e. The standard InChI is InChI=1S/C17H16ClNO2/c18-15-7-12(8-16-17(15)21-11-20-16)9-19-6-5-13-3-1-2-4-14(13)10-19/h1-4,7-8H,5-6,9-11H2. The van der Waals surface area contributed by atoms with Gasteiger partial charge in [0.25, 0.3) is 0 Å². The zero-order valence-electron chi connectivity index (χ0n) is 11.6. The average Bonchev–Trinajstić information content (AvgIpc) is 2.96. The summed E-state index contributed by atoms with van der Waals surface area (Å²) >= 11 is 6.25. The van der Waals surface area contributed by atoms with Crippen molar-refractivity contribution in [3.63, 3.8) is 0 Å². The highest BCUT2D eigenvalue weighted by molar-refractivity contribution is 6.32. The molecule has 4 rings (SSSR count). The fourth-order valence-electron chi connectivity index (χ4n) is 3.06. The zero-order valence-corrected chi connectivity index (χ0v) is 12.4. The first-order valence-electron chi connectivity index (χ1n) is 7.17. The summed E-state index contributed by atoms with van der Waals surface area (Å²) in [6, 6.07) is 12.7. The molecule has 0 spiro atoms. The van der Waals surface area contributed by atoms with E-state index in [-0.39, 0.29) is 6.79 Å². The Bertz CT molecular complexity index is 686. The first kappa shape index (κ1) is 13.0. The van der Waals surface area contributed by atoms with Crippen molar-refractivity contribution >= 4 is 11.6 Å². The van der Waals surface area contributed by atoms with Gasteiger partial charge in [0.1, 0.15) is 0 Å². The molecule has 0 saturated carbocycles. The molecule has 0 fully saturated rings. The Kier molecular flexibility index (Phi) is 3.24. The van der Waals surface area contributed by atoms with Crippen molar-refractivity contribution in [1.82, 2.24) is 4.90 Å². The fourth-order valence-corrected chi connectivity index (χ4v) is 3.35. The SMILES string of the molecule is Clc1cc(CN2CCc3ccccc3C2)cc2c1OCO2. The van der Waals surface area contributed by atoms with Gasteiger partial charge < -0.3 is 9.47 Å². The lowest BCUT2D eigenvalue weighted by Crippen LogP contribution is -2.29. The Morgan fingerprint density at radius 3 is 2.86 bits per heavy atom. The van der Waals surface area contributed by atoms with Gasteiger partial charge in [0.2, 0.25) is 6.79 Å². The minimum Gasteiger partial charge on any atom is -0.454 e. The summed E-state index contributed by atoms with van der Waals surface area (Å²) < 4.78 is 10.8. The van der Waals surface area contributed by atoms with Gasteiger partial charge in [0.05, 0.1) is 5.02 Å². The Morgan fingerprint density at radius 2 is 1.95 bits per heavy atom. The highest BCUT2D eigenvalue weighted by Gasteiger charge is 2.20. The first-order chi connectivity index (χ1) is 10.3. The smallest absolute Gasteiger partial charge is 0.231 e. The Labute approximate surface area is 129 Å². The molecule has 2 aliphatic heterocycles. The predicted octanol–water partition coefficient (Wildman–Crippen LogP) is 3.63. The summed E-state index contributed by atoms with van der Waals surface area (Å²) in [5, 5.41) is 0.636. The molecule has 0 unspecified atom stereocenters. The third kappa shape index (κ3) is 2.47. The van der Waals surface area contributed by atoms with E-state index in [1.165, 1.54) is 16.7 Å². The Hall–Kier alpha value is -1.71. The van der Waals surface area contributed by atoms with Gasteiger partial charge in [-0.3, -0.25) is 4.90 Å². The fraction of sp³-hybridized carbons (Fsp3) is 0.294. The lowest BCUT2D eigenvalue weighted by atomic mass is 9.99. The van der Waals surface area contributed by atoms with Crippen LogP contribution in [0.1, 0.15) is 16.7 Å². The van der Waals surface area contributed by atoms with Crippen LogP contribution in [0.5, 0.6) is 11.5 Å². The second kappa shape index (κ2) is 5.24. The number of fused-ring (bicyclic) bond motifs is 2. The summed E-state index contributed by atoms with van der Waals surface area (Å²) in [6.07, 6.45) is 1.11. The monoisotopic (exact) mass is 301 g/mol. The second-order valence-electron chi connectivity index (χ2n) is 5.54. The van der Waals surface area contributed by atoms with Gasteiger partial charge in [-0.25, -0.2) is 0 Å². The first-order valence-corrected chi connectivity index (χ1v) is 7.54. The molecule has 3 nitrogen and oxygen atoms in total. The summed E-state index contributed by atoms with van der Waals surface area (Å²) in [5.74, 6) is 1.43. The van der Waals surface area contributed by atoms with Crippen LogP contribution in [0.2, 0.25) is 5.02 Å². The van der Waals surface area contributed by atoms with Gasteiger partial charge in [0.15, 0.2) is 11.5 Å². The van der Waals surface area contributed by atoms with Gasteiger partial charge >= 0.3 is 0 Å². The van der Waals surface area contributed by atoms with Crippen LogP contribution in [0, 0.1) is 0 Å². The normalized spacial score (nSPS) is 16.8. The number of benzene rings is 2. The molecular formula is C17H16ClNO2. The summed E-state index contributed by atoms with van der Waals surface area (Å²) in [5.41, 5.74) is 4.07. The number of hydrogen-bond acceptors (Lipinski definition) is 3. The summed E-state index contributed by atoms with van der Waals surface area (Å²) in [7, 11) is 0. The van der Waals surface area contributed by atoms with Crippen LogP contribution >= 0.6 is 11.6 Å². The van der Waals surface area contributed by atoms with E-state index in [2.05, 4.69) is 29.2 Å². The van der Waals surface area contributed by atoms with Crippen LogP contribution in [0.25, 0.3) is 0 Å².